The molecule has 88 valence electrons. The molecule has 0 N–H and O–H groups in total. The third-order valence-electron chi connectivity index (χ3n) is 2.43. The van der Waals surface area contributed by atoms with E-state index in [-0.39, 0.29) is 0 Å². The SMILES string of the molecule is C/C(Cl)=C(Cl)\C=C/[C@H](C)[C@H](C)CN(C)C. The quantitative estimate of drug-likeness (QED) is 0.664. The van der Waals surface area contributed by atoms with E-state index in [1.165, 1.54) is 0 Å². The van der Waals surface area contributed by atoms with E-state index >= 15 is 0 Å². The summed E-state index contributed by atoms with van der Waals surface area (Å²) in [4.78, 5) is 2.19. The van der Waals surface area contributed by atoms with Crippen molar-refractivity contribution in [2.75, 3.05) is 20.6 Å². The molecule has 0 heterocycles. The Labute approximate surface area is 104 Å². The molecular weight excluding hydrogens is 229 g/mol. The first-order valence-corrected chi connectivity index (χ1v) is 5.95. The summed E-state index contributed by atoms with van der Waals surface area (Å²) in [6, 6.07) is 0. The number of allylic oxidation sites excluding steroid dienone is 4. The van der Waals surface area contributed by atoms with Gasteiger partial charge in [-0.2, -0.15) is 0 Å². The van der Waals surface area contributed by atoms with Crippen molar-refractivity contribution >= 4 is 23.2 Å². The molecule has 1 nitrogen and oxygen atoms in total. The summed E-state index contributed by atoms with van der Waals surface area (Å²) in [5, 5.41) is 1.26. The molecule has 0 aliphatic carbocycles. The molecule has 15 heavy (non-hydrogen) atoms. The van der Waals surface area contributed by atoms with Crippen molar-refractivity contribution in [3.8, 4) is 0 Å². The topological polar surface area (TPSA) is 3.24 Å². The Morgan fingerprint density at radius 3 is 2.20 bits per heavy atom. The Hall–Kier alpha value is 0.0200. The second kappa shape index (κ2) is 7.32. The van der Waals surface area contributed by atoms with Gasteiger partial charge in [0, 0.05) is 11.6 Å². The van der Waals surface area contributed by atoms with Crippen molar-refractivity contribution in [2.24, 2.45) is 11.8 Å². The average molecular weight is 250 g/mol. The van der Waals surface area contributed by atoms with Crippen molar-refractivity contribution in [3.05, 3.63) is 22.2 Å². The molecule has 0 rings (SSSR count). The van der Waals surface area contributed by atoms with Gasteiger partial charge in [-0.15, -0.1) is 0 Å². The maximum Gasteiger partial charge on any atom is 0.0545 e. The van der Waals surface area contributed by atoms with Gasteiger partial charge >= 0.3 is 0 Å². The minimum atomic E-state index is 0.497. The maximum atomic E-state index is 5.92. The van der Waals surface area contributed by atoms with E-state index in [1.807, 2.05) is 6.08 Å². The van der Waals surface area contributed by atoms with Crippen LogP contribution in [0.25, 0.3) is 0 Å². The van der Waals surface area contributed by atoms with E-state index in [9.17, 15) is 0 Å². The van der Waals surface area contributed by atoms with Crippen molar-refractivity contribution in [1.82, 2.24) is 4.90 Å². The van der Waals surface area contributed by atoms with Crippen LogP contribution in [0.4, 0.5) is 0 Å². The van der Waals surface area contributed by atoms with Gasteiger partial charge in [0.15, 0.2) is 0 Å². The summed E-state index contributed by atoms with van der Waals surface area (Å²) in [5.74, 6) is 1.11. The standard InChI is InChI=1S/C12H21Cl2N/c1-9(10(2)8-15(4)5)6-7-12(14)11(3)13/h6-7,9-10H,8H2,1-5H3/b7-6-,12-11-/t9-,10+/m0/s1. The van der Waals surface area contributed by atoms with Crippen LogP contribution < -0.4 is 0 Å². The van der Waals surface area contributed by atoms with Crippen LogP contribution in [-0.2, 0) is 0 Å². The van der Waals surface area contributed by atoms with Gasteiger partial charge in [-0.1, -0.05) is 43.1 Å². The third kappa shape index (κ3) is 6.99. The lowest BCUT2D eigenvalue weighted by Crippen LogP contribution is -2.23. The van der Waals surface area contributed by atoms with E-state index in [0.717, 1.165) is 6.54 Å². The number of nitrogens with zero attached hydrogens (tertiary/aromatic N) is 1. The largest absolute Gasteiger partial charge is 0.309 e. The summed E-state index contributed by atoms with van der Waals surface area (Å²) < 4.78 is 0. The Morgan fingerprint density at radius 1 is 1.27 bits per heavy atom. The lowest BCUT2D eigenvalue weighted by molar-refractivity contribution is 0.302. The molecule has 0 spiro atoms. The van der Waals surface area contributed by atoms with Gasteiger partial charge in [0.25, 0.3) is 0 Å². The normalized spacial score (nSPS) is 18.1. The Bertz CT molecular complexity index is 240. The fraction of sp³-hybridized carbons (Fsp3) is 0.667. The molecule has 0 fully saturated rings. The minimum absolute atomic E-state index is 0.497. The smallest absolute Gasteiger partial charge is 0.0545 e. The van der Waals surface area contributed by atoms with E-state index in [1.54, 1.807) is 6.92 Å². The number of hydrogen-bond donors (Lipinski definition) is 0. The van der Waals surface area contributed by atoms with E-state index in [2.05, 4.69) is 38.9 Å². The second-order valence-electron chi connectivity index (χ2n) is 4.34. The van der Waals surface area contributed by atoms with Crippen molar-refractivity contribution in [1.29, 1.82) is 0 Å². The fourth-order valence-corrected chi connectivity index (χ4v) is 1.42. The van der Waals surface area contributed by atoms with Gasteiger partial charge in [-0.3, -0.25) is 0 Å². The summed E-state index contributed by atoms with van der Waals surface area (Å²) >= 11 is 11.7. The highest BCUT2D eigenvalue weighted by Crippen LogP contribution is 2.18. The van der Waals surface area contributed by atoms with Crippen LogP contribution in [0.1, 0.15) is 20.8 Å². The van der Waals surface area contributed by atoms with E-state index < -0.39 is 0 Å². The van der Waals surface area contributed by atoms with Crippen molar-refractivity contribution < 1.29 is 0 Å². The van der Waals surface area contributed by atoms with Crippen LogP contribution in [0.2, 0.25) is 0 Å². The monoisotopic (exact) mass is 249 g/mol. The molecule has 0 aromatic heterocycles. The van der Waals surface area contributed by atoms with Gasteiger partial charge in [0.2, 0.25) is 0 Å². The minimum Gasteiger partial charge on any atom is -0.309 e. The molecule has 0 aromatic carbocycles. The predicted molar refractivity (Wildman–Crippen MR) is 70.4 cm³/mol. The van der Waals surface area contributed by atoms with Gasteiger partial charge in [-0.25, -0.2) is 0 Å². The molecular formula is C12H21Cl2N. The lowest BCUT2D eigenvalue weighted by atomic mass is 9.95. The first kappa shape index (κ1) is 15.0. The van der Waals surface area contributed by atoms with Crippen molar-refractivity contribution in [2.45, 2.75) is 20.8 Å². The summed E-state index contributed by atoms with van der Waals surface area (Å²) in [7, 11) is 4.17. The first-order chi connectivity index (χ1) is 6.84. The van der Waals surface area contributed by atoms with Crippen LogP contribution in [0, 0.1) is 11.8 Å². The molecule has 0 saturated heterocycles. The second-order valence-corrected chi connectivity index (χ2v) is 5.31. The zero-order valence-electron chi connectivity index (χ0n) is 10.2. The van der Waals surface area contributed by atoms with Crippen LogP contribution >= 0.6 is 23.2 Å². The van der Waals surface area contributed by atoms with Gasteiger partial charge in [0.05, 0.1) is 5.03 Å². The molecule has 0 bridgehead atoms. The molecule has 0 unspecified atom stereocenters. The van der Waals surface area contributed by atoms with Crippen molar-refractivity contribution in [3.63, 3.8) is 0 Å². The molecule has 0 amide bonds. The van der Waals surface area contributed by atoms with Gasteiger partial charge in [-0.05, 0) is 38.9 Å². The maximum absolute atomic E-state index is 5.92. The zero-order chi connectivity index (χ0) is 12.0. The van der Waals surface area contributed by atoms with Crippen LogP contribution in [0.15, 0.2) is 22.2 Å². The van der Waals surface area contributed by atoms with E-state index in [0.29, 0.717) is 21.9 Å². The molecule has 3 heteroatoms. The molecule has 0 radical (unpaired) electrons. The fourth-order valence-electron chi connectivity index (χ4n) is 1.28. The zero-order valence-corrected chi connectivity index (χ0v) is 11.7. The Morgan fingerprint density at radius 2 is 1.80 bits per heavy atom. The highest BCUT2D eigenvalue weighted by atomic mass is 35.5. The Balaban J connectivity index is 4.24. The van der Waals surface area contributed by atoms with Crippen LogP contribution in [-0.4, -0.2) is 25.5 Å². The van der Waals surface area contributed by atoms with Crippen LogP contribution in [0.3, 0.4) is 0 Å². The van der Waals surface area contributed by atoms with Gasteiger partial charge < -0.3 is 4.90 Å². The molecule has 0 aliphatic heterocycles. The molecule has 2 atom stereocenters. The average Bonchev–Trinajstić information content (AvgIpc) is 2.12. The molecule has 0 aromatic rings. The summed E-state index contributed by atoms with van der Waals surface area (Å²) in [5.41, 5.74) is 0. The molecule has 0 saturated carbocycles. The van der Waals surface area contributed by atoms with Gasteiger partial charge in [0.1, 0.15) is 0 Å². The highest BCUT2D eigenvalue weighted by Gasteiger charge is 2.09. The lowest BCUT2D eigenvalue weighted by Gasteiger charge is -2.20. The number of rotatable bonds is 5. The summed E-state index contributed by atoms with van der Waals surface area (Å²) in [6.45, 7) is 7.30. The summed E-state index contributed by atoms with van der Waals surface area (Å²) in [6.07, 6.45) is 4.00. The first-order valence-electron chi connectivity index (χ1n) is 5.19. The Kier molecular flexibility index (Phi) is 7.33. The van der Waals surface area contributed by atoms with E-state index in [4.69, 9.17) is 23.2 Å². The number of hydrogen-bond acceptors (Lipinski definition) is 1. The third-order valence-corrected chi connectivity index (χ3v) is 3.14. The number of halogens is 2. The highest BCUT2D eigenvalue weighted by molar-refractivity contribution is 6.39. The predicted octanol–water partition coefficient (Wildman–Crippen LogP) is 4.09. The van der Waals surface area contributed by atoms with Crippen LogP contribution in [0.5, 0.6) is 0 Å². The molecule has 0 aliphatic rings.